The van der Waals surface area contributed by atoms with Gasteiger partial charge in [-0.3, -0.25) is 0 Å². The van der Waals surface area contributed by atoms with Gasteiger partial charge in [0, 0.05) is 38.4 Å². The van der Waals surface area contributed by atoms with Crippen molar-refractivity contribution in [3.63, 3.8) is 0 Å². The molecule has 5 heterocycles. The Hall–Kier alpha value is -4.37. The number of nitrogens with one attached hydrogen (secondary N) is 1. The first kappa shape index (κ1) is 23.4. The molecule has 1 unspecified atom stereocenters. The molecule has 0 radical (unpaired) electrons. The van der Waals surface area contributed by atoms with Gasteiger partial charge in [-0.05, 0) is 39.4 Å². The topological polar surface area (TPSA) is 150 Å². The number of likely N-dealkylation sites (N-methyl/N-ethyl adjacent to an activating group) is 1. The molecule has 1 saturated heterocycles. The fourth-order valence-electron chi connectivity index (χ4n) is 4.32. The number of nitrogen functional groups attached to an aromatic ring is 1. The van der Waals surface area contributed by atoms with Crippen molar-refractivity contribution in [1.29, 1.82) is 5.26 Å². The van der Waals surface area contributed by atoms with Crippen LogP contribution in [0, 0.1) is 25.2 Å². The third-order valence-corrected chi connectivity index (χ3v) is 6.35. The summed E-state index contributed by atoms with van der Waals surface area (Å²) in [5.41, 5.74) is 9.43. The van der Waals surface area contributed by atoms with Crippen molar-refractivity contribution in [2.45, 2.75) is 26.8 Å². The molecule has 0 amide bonds. The number of fused-ring (bicyclic) bond motifs is 1. The van der Waals surface area contributed by atoms with Crippen LogP contribution in [0.25, 0.3) is 16.9 Å². The Labute approximate surface area is 208 Å². The van der Waals surface area contributed by atoms with Gasteiger partial charge in [0.1, 0.15) is 46.9 Å². The maximum Gasteiger partial charge on any atom is 0.172 e. The van der Waals surface area contributed by atoms with E-state index in [0.717, 1.165) is 54.5 Å². The van der Waals surface area contributed by atoms with E-state index in [1.807, 2.05) is 43.6 Å². The number of piperazine rings is 1. The first-order chi connectivity index (χ1) is 17.3. The largest absolute Gasteiger partial charge is 0.382 e. The van der Waals surface area contributed by atoms with Crippen molar-refractivity contribution in [2.75, 3.05) is 49.2 Å². The van der Waals surface area contributed by atoms with Crippen molar-refractivity contribution in [2.24, 2.45) is 0 Å². The lowest BCUT2D eigenvalue weighted by atomic mass is 10.2. The Bertz CT molecular complexity index is 1460. The molecule has 5 rings (SSSR count). The zero-order chi connectivity index (χ0) is 25.4. The SMILES string of the molecule is Cc1nc(-c2nc(C(C)Nc3ncnc(N)c3C#N)nn3ccc(C)c23)cc(N2CCN(C)CC2)n1. The molecule has 12 heteroatoms. The van der Waals surface area contributed by atoms with Crippen LogP contribution in [0.15, 0.2) is 24.7 Å². The lowest BCUT2D eigenvalue weighted by molar-refractivity contribution is 0.312. The number of nitrogens with two attached hydrogens (primary N) is 1. The van der Waals surface area contributed by atoms with Crippen molar-refractivity contribution >= 4 is 23.0 Å². The van der Waals surface area contributed by atoms with Crippen molar-refractivity contribution in [1.82, 2.24) is 39.4 Å². The van der Waals surface area contributed by atoms with Gasteiger partial charge in [-0.25, -0.2) is 29.4 Å². The Balaban J connectivity index is 1.57. The summed E-state index contributed by atoms with van der Waals surface area (Å²) in [6, 6.07) is 5.69. The molecule has 1 fully saturated rings. The molecule has 12 nitrogen and oxygen atoms in total. The van der Waals surface area contributed by atoms with E-state index in [1.165, 1.54) is 6.33 Å². The molecule has 0 bridgehead atoms. The Morgan fingerprint density at radius 1 is 1.11 bits per heavy atom. The van der Waals surface area contributed by atoms with Gasteiger partial charge in [-0.2, -0.15) is 10.4 Å². The van der Waals surface area contributed by atoms with E-state index in [0.29, 0.717) is 17.5 Å². The summed E-state index contributed by atoms with van der Waals surface area (Å²) in [4.78, 5) is 27.1. The average molecular weight is 485 g/mol. The number of hydrogen-bond acceptors (Lipinski definition) is 11. The van der Waals surface area contributed by atoms with Crippen molar-refractivity contribution in [3.05, 3.63) is 47.4 Å². The third kappa shape index (κ3) is 4.36. The minimum Gasteiger partial charge on any atom is -0.382 e. The molecule has 4 aromatic rings. The van der Waals surface area contributed by atoms with Crippen molar-refractivity contribution < 1.29 is 0 Å². The zero-order valence-corrected chi connectivity index (χ0v) is 20.8. The molecule has 36 heavy (non-hydrogen) atoms. The molecule has 3 N–H and O–H groups in total. The molecule has 0 spiro atoms. The normalized spacial score (nSPS) is 15.1. The van der Waals surface area contributed by atoms with E-state index >= 15 is 0 Å². The summed E-state index contributed by atoms with van der Waals surface area (Å²) in [6.07, 6.45) is 3.23. The van der Waals surface area contributed by atoms with Crippen LogP contribution in [-0.4, -0.2) is 72.7 Å². The van der Waals surface area contributed by atoms with Gasteiger partial charge in [0.05, 0.1) is 17.3 Å². The molecule has 4 aromatic heterocycles. The molecular weight excluding hydrogens is 456 g/mol. The fraction of sp³-hybridized carbons (Fsp3) is 0.375. The first-order valence-electron chi connectivity index (χ1n) is 11.8. The first-order valence-corrected chi connectivity index (χ1v) is 11.8. The monoisotopic (exact) mass is 484 g/mol. The number of nitriles is 1. The molecule has 0 aliphatic carbocycles. The predicted octanol–water partition coefficient (Wildman–Crippen LogP) is 1.97. The molecule has 0 saturated carbocycles. The van der Waals surface area contributed by atoms with Gasteiger partial charge in [0.15, 0.2) is 5.82 Å². The highest BCUT2D eigenvalue weighted by atomic mass is 15.3. The van der Waals surface area contributed by atoms with Crippen LogP contribution in [0.4, 0.5) is 17.5 Å². The summed E-state index contributed by atoms with van der Waals surface area (Å²) in [5, 5.41) is 17.4. The predicted molar refractivity (Wildman–Crippen MR) is 136 cm³/mol. The minimum atomic E-state index is -0.378. The summed E-state index contributed by atoms with van der Waals surface area (Å²) >= 11 is 0. The van der Waals surface area contributed by atoms with Gasteiger partial charge in [-0.1, -0.05) is 0 Å². The Kier molecular flexibility index (Phi) is 6.07. The summed E-state index contributed by atoms with van der Waals surface area (Å²) in [6.45, 7) is 9.62. The number of rotatable bonds is 5. The second-order valence-electron chi connectivity index (χ2n) is 9.02. The minimum absolute atomic E-state index is 0.119. The second-order valence-corrected chi connectivity index (χ2v) is 9.02. The van der Waals surface area contributed by atoms with E-state index in [2.05, 4.69) is 38.2 Å². The van der Waals surface area contributed by atoms with Crippen LogP contribution < -0.4 is 16.0 Å². The third-order valence-electron chi connectivity index (χ3n) is 6.35. The summed E-state index contributed by atoms with van der Waals surface area (Å²) in [5.74, 6) is 2.56. The van der Waals surface area contributed by atoms with E-state index in [9.17, 15) is 5.26 Å². The van der Waals surface area contributed by atoms with Crippen molar-refractivity contribution in [3.8, 4) is 17.5 Å². The van der Waals surface area contributed by atoms with Gasteiger partial charge < -0.3 is 20.9 Å². The molecule has 1 aliphatic heterocycles. The van der Waals surface area contributed by atoms with E-state index < -0.39 is 0 Å². The maximum atomic E-state index is 9.49. The molecule has 1 aliphatic rings. The number of nitrogens with zero attached hydrogens (tertiary/aromatic N) is 10. The van der Waals surface area contributed by atoms with Crippen LogP contribution in [0.3, 0.4) is 0 Å². The van der Waals surface area contributed by atoms with E-state index in [1.54, 1.807) is 0 Å². The Morgan fingerprint density at radius 2 is 1.89 bits per heavy atom. The van der Waals surface area contributed by atoms with Gasteiger partial charge in [0.25, 0.3) is 0 Å². The van der Waals surface area contributed by atoms with Crippen LogP contribution in [-0.2, 0) is 0 Å². The standard InChI is InChI=1S/C24H28N12/c1-14-5-6-36-21(14)20(18-11-19(31-16(3)30-18)35-9-7-34(4)8-10-35)32-23(33-36)15(2)29-24-17(12-25)22(26)27-13-28-24/h5-6,11,13,15H,7-10H2,1-4H3,(H3,26,27,28,29). The van der Waals surface area contributed by atoms with Crippen LogP contribution in [0.1, 0.15) is 35.7 Å². The summed E-state index contributed by atoms with van der Waals surface area (Å²) in [7, 11) is 2.13. The highest BCUT2D eigenvalue weighted by Gasteiger charge is 2.22. The number of aromatic nitrogens is 7. The lowest BCUT2D eigenvalue weighted by Gasteiger charge is -2.33. The smallest absolute Gasteiger partial charge is 0.172 e. The number of aryl methyl sites for hydroxylation is 2. The zero-order valence-electron chi connectivity index (χ0n) is 20.8. The molecule has 0 aromatic carbocycles. The van der Waals surface area contributed by atoms with Crippen LogP contribution in [0.2, 0.25) is 0 Å². The van der Waals surface area contributed by atoms with Gasteiger partial charge in [0.2, 0.25) is 0 Å². The molecular formula is C24H28N12. The highest BCUT2D eigenvalue weighted by molar-refractivity contribution is 5.78. The number of hydrogen-bond donors (Lipinski definition) is 2. The fourth-order valence-corrected chi connectivity index (χ4v) is 4.32. The summed E-state index contributed by atoms with van der Waals surface area (Å²) < 4.78 is 1.82. The van der Waals surface area contributed by atoms with E-state index in [4.69, 9.17) is 25.8 Å². The Morgan fingerprint density at radius 3 is 2.64 bits per heavy atom. The van der Waals surface area contributed by atoms with Gasteiger partial charge in [-0.15, -0.1) is 0 Å². The maximum absolute atomic E-state index is 9.49. The average Bonchev–Trinajstić information content (AvgIpc) is 3.24. The second kappa shape index (κ2) is 9.35. The quantitative estimate of drug-likeness (QED) is 0.428. The number of anilines is 3. The highest BCUT2D eigenvalue weighted by Crippen LogP contribution is 2.29. The van der Waals surface area contributed by atoms with E-state index in [-0.39, 0.29) is 17.4 Å². The van der Waals surface area contributed by atoms with Gasteiger partial charge >= 0.3 is 0 Å². The molecule has 1 atom stereocenters. The lowest BCUT2D eigenvalue weighted by Crippen LogP contribution is -2.44. The molecule has 184 valence electrons. The van der Waals surface area contributed by atoms with Crippen LogP contribution in [0.5, 0.6) is 0 Å². The van der Waals surface area contributed by atoms with Crippen LogP contribution >= 0.6 is 0 Å².